The molecular weight excluding hydrogens is 368 g/mol. The summed E-state index contributed by atoms with van der Waals surface area (Å²) in [5, 5.41) is 0. The first-order valence-corrected chi connectivity index (χ1v) is 10.3. The Bertz CT molecular complexity index is 972. The molecule has 2 aliphatic rings. The molecule has 1 amide bonds. The Kier molecular flexibility index (Phi) is 4.43. The van der Waals surface area contributed by atoms with E-state index in [4.69, 9.17) is 9.47 Å². The lowest BCUT2D eigenvalue weighted by molar-refractivity contribution is 0.0785. The minimum atomic E-state index is -3.22. The maximum atomic E-state index is 12.7. The lowest BCUT2D eigenvalue weighted by Crippen LogP contribution is -2.27. The van der Waals surface area contributed by atoms with Gasteiger partial charge in [-0.15, -0.1) is 0 Å². The van der Waals surface area contributed by atoms with Gasteiger partial charge in [0.1, 0.15) is 0 Å². The smallest absolute Gasteiger partial charge is 0.253 e. The lowest BCUT2D eigenvalue weighted by Gasteiger charge is -2.19. The van der Waals surface area contributed by atoms with Crippen molar-refractivity contribution in [3.63, 3.8) is 0 Å². The minimum Gasteiger partial charge on any atom is -0.454 e. The summed E-state index contributed by atoms with van der Waals surface area (Å²) in [6.45, 7) is 1.13. The molecule has 0 saturated carbocycles. The average molecular weight is 388 g/mol. The van der Waals surface area contributed by atoms with Gasteiger partial charge in [0, 0.05) is 25.7 Å². The molecule has 7 nitrogen and oxygen atoms in total. The summed E-state index contributed by atoms with van der Waals surface area (Å²) in [4.78, 5) is 14.3. The maximum Gasteiger partial charge on any atom is 0.253 e. The third kappa shape index (κ3) is 3.44. The van der Waals surface area contributed by atoms with E-state index in [0.29, 0.717) is 42.3 Å². The number of carbonyl (C=O) groups is 1. The van der Waals surface area contributed by atoms with Crippen LogP contribution in [0.3, 0.4) is 0 Å². The summed E-state index contributed by atoms with van der Waals surface area (Å²) in [6.07, 6.45) is 0.626. The Labute approximate surface area is 158 Å². The summed E-state index contributed by atoms with van der Waals surface area (Å²) in [5.74, 6) is 1.43. The SMILES string of the molecule is CN(Cc1ccc2c(c1)OCO2)C(=O)c1ccc(N2CCCS2(=O)=O)cc1. The van der Waals surface area contributed by atoms with E-state index in [-0.39, 0.29) is 18.5 Å². The van der Waals surface area contributed by atoms with Gasteiger partial charge in [-0.25, -0.2) is 8.42 Å². The first-order chi connectivity index (χ1) is 12.9. The minimum absolute atomic E-state index is 0.136. The van der Waals surface area contributed by atoms with Gasteiger partial charge in [0.2, 0.25) is 16.8 Å². The molecule has 0 unspecified atom stereocenters. The molecule has 0 bridgehead atoms. The fourth-order valence-electron chi connectivity index (χ4n) is 3.31. The summed E-state index contributed by atoms with van der Waals surface area (Å²) in [6, 6.07) is 12.3. The molecule has 1 saturated heterocycles. The number of ether oxygens (including phenoxy) is 2. The molecule has 2 heterocycles. The molecule has 4 rings (SSSR count). The zero-order chi connectivity index (χ0) is 19.0. The largest absolute Gasteiger partial charge is 0.454 e. The van der Waals surface area contributed by atoms with E-state index in [9.17, 15) is 13.2 Å². The zero-order valence-corrected chi connectivity index (χ0v) is 15.7. The van der Waals surface area contributed by atoms with Crippen LogP contribution in [0.2, 0.25) is 0 Å². The van der Waals surface area contributed by atoms with Crippen LogP contribution < -0.4 is 13.8 Å². The van der Waals surface area contributed by atoms with Crippen molar-refractivity contribution in [3.05, 3.63) is 53.6 Å². The molecule has 0 aromatic heterocycles. The number of sulfonamides is 1. The van der Waals surface area contributed by atoms with Crippen molar-refractivity contribution in [2.75, 3.05) is 30.4 Å². The molecule has 2 aliphatic heterocycles. The van der Waals surface area contributed by atoms with Crippen molar-refractivity contribution in [1.82, 2.24) is 4.90 Å². The van der Waals surface area contributed by atoms with E-state index in [0.717, 1.165) is 5.56 Å². The highest BCUT2D eigenvalue weighted by Crippen LogP contribution is 2.33. The predicted molar refractivity (Wildman–Crippen MR) is 101 cm³/mol. The Hall–Kier alpha value is -2.74. The first-order valence-electron chi connectivity index (χ1n) is 8.68. The van der Waals surface area contributed by atoms with Gasteiger partial charge in [0.25, 0.3) is 5.91 Å². The highest BCUT2D eigenvalue weighted by atomic mass is 32.2. The van der Waals surface area contributed by atoms with E-state index in [1.165, 1.54) is 4.31 Å². The fourth-order valence-corrected chi connectivity index (χ4v) is 4.87. The molecule has 0 aliphatic carbocycles. The number of hydrogen-bond donors (Lipinski definition) is 0. The number of carbonyl (C=O) groups excluding carboxylic acids is 1. The number of nitrogens with zero attached hydrogens (tertiary/aromatic N) is 2. The van der Waals surface area contributed by atoms with Crippen LogP contribution in [0.15, 0.2) is 42.5 Å². The molecule has 0 N–H and O–H groups in total. The van der Waals surface area contributed by atoms with E-state index in [2.05, 4.69) is 0 Å². The van der Waals surface area contributed by atoms with Gasteiger partial charge in [0.05, 0.1) is 11.4 Å². The number of amides is 1. The molecule has 8 heteroatoms. The average Bonchev–Trinajstić information content (AvgIpc) is 3.26. The third-order valence-electron chi connectivity index (χ3n) is 4.70. The van der Waals surface area contributed by atoms with Crippen LogP contribution >= 0.6 is 0 Å². The normalized spacial score (nSPS) is 17.1. The first kappa shape index (κ1) is 17.7. The van der Waals surface area contributed by atoms with Crippen LogP contribution in [0.1, 0.15) is 22.3 Å². The number of anilines is 1. The van der Waals surface area contributed by atoms with Gasteiger partial charge in [-0.3, -0.25) is 9.10 Å². The second-order valence-electron chi connectivity index (χ2n) is 6.64. The maximum absolute atomic E-state index is 12.7. The van der Waals surface area contributed by atoms with Gasteiger partial charge in [0.15, 0.2) is 11.5 Å². The van der Waals surface area contributed by atoms with Crippen LogP contribution in [0, 0.1) is 0 Å². The van der Waals surface area contributed by atoms with Crippen LogP contribution in [0.5, 0.6) is 11.5 Å². The van der Waals surface area contributed by atoms with Crippen LogP contribution in [-0.2, 0) is 16.6 Å². The quantitative estimate of drug-likeness (QED) is 0.803. The van der Waals surface area contributed by atoms with Crippen molar-refractivity contribution < 1.29 is 22.7 Å². The fraction of sp³-hybridized carbons (Fsp3) is 0.316. The van der Waals surface area contributed by atoms with E-state index < -0.39 is 10.0 Å². The Balaban J connectivity index is 1.46. The van der Waals surface area contributed by atoms with Crippen LogP contribution in [-0.4, -0.2) is 45.4 Å². The molecule has 142 valence electrons. The number of hydrogen-bond acceptors (Lipinski definition) is 5. The molecule has 27 heavy (non-hydrogen) atoms. The molecule has 0 atom stereocenters. The summed E-state index contributed by atoms with van der Waals surface area (Å²) >= 11 is 0. The van der Waals surface area contributed by atoms with Gasteiger partial charge in [-0.05, 0) is 48.4 Å². The van der Waals surface area contributed by atoms with Crippen molar-refractivity contribution in [2.24, 2.45) is 0 Å². The highest BCUT2D eigenvalue weighted by Gasteiger charge is 2.28. The molecule has 0 spiro atoms. The Morgan fingerprint density at radius 3 is 2.56 bits per heavy atom. The second-order valence-corrected chi connectivity index (χ2v) is 8.65. The van der Waals surface area contributed by atoms with Crippen molar-refractivity contribution in [2.45, 2.75) is 13.0 Å². The predicted octanol–water partition coefficient (Wildman–Crippen LogP) is 2.23. The highest BCUT2D eigenvalue weighted by molar-refractivity contribution is 7.93. The molecule has 2 aromatic carbocycles. The monoisotopic (exact) mass is 388 g/mol. The number of rotatable bonds is 4. The number of fused-ring (bicyclic) bond motifs is 1. The number of benzene rings is 2. The molecular formula is C19H20N2O5S. The van der Waals surface area contributed by atoms with Gasteiger partial charge in [-0.2, -0.15) is 0 Å². The second kappa shape index (κ2) is 6.77. The zero-order valence-electron chi connectivity index (χ0n) is 14.9. The van der Waals surface area contributed by atoms with Crippen molar-refractivity contribution in [1.29, 1.82) is 0 Å². The van der Waals surface area contributed by atoms with Crippen LogP contribution in [0.4, 0.5) is 5.69 Å². The van der Waals surface area contributed by atoms with E-state index >= 15 is 0 Å². The molecule has 2 aromatic rings. The molecule has 1 fully saturated rings. The summed E-state index contributed by atoms with van der Waals surface area (Å²) < 4.78 is 36.1. The van der Waals surface area contributed by atoms with Crippen molar-refractivity contribution in [3.8, 4) is 11.5 Å². The summed E-state index contributed by atoms with van der Waals surface area (Å²) in [5.41, 5.74) is 2.05. The topological polar surface area (TPSA) is 76.2 Å². The lowest BCUT2D eigenvalue weighted by atomic mass is 10.1. The van der Waals surface area contributed by atoms with E-state index in [1.807, 2.05) is 18.2 Å². The Morgan fingerprint density at radius 1 is 1.11 bits per heavy atom. The van der Waals surface area contributed by atoms with Gasteiger partial charge < -0.3 is 14.4 Å². The molecule has 0 radical (unpaired) electrons. The summed E-state index contributed by atoms with van der Waals surface area (Å²) in [7, 11) is -1.49. The Morgan fingerprint density at radius 2 is 1.85 bits per heavy atom. The third-order valence-corrected chi connectivity index (χ3v) is 6.57. The van der Waals surface area contributed by atoms with E-state index in [1.54, 1.807) is 36.2 Å². The standard InChI is InChI=1S/C19H20N2O5S/c1-20(12-14-3-8-17-18(11-14)26-13-25-17)19(22)15-4-6-16(7-5-15)21-9-2-10-27(21,23)24/h3-8,11H,2,9-10,12-13H2,1H3. The van der Waals surface area contributed by atoms with Gasteiger partial charge in [-0.1, -0.05) is 6.07 Å². The van der Waals surface area contributed by atoms with Gasteiger partial charge >= 0.3 is 0 Å². The van der Waals surface area contributed by atoms with Crippen molar-refractivity contribution >= 4 is 21.6 Å². The van der Waals surface area contributed by atoms with Crippen LogP contribution in [0.25, 0.3) is 0 Å².